The topological polar surface area (TPSA) is 49.9 Å². The van der Waals surface area contributed by atoms with Crippen LogP contribution in [0.15, 0.2) is 66.8 Å². The van der Waals surface area contributed by atoms with E-state index < -0.39 is 0 Å². The van der Waals surface area contributed by atoms with E-state index in [1.165, 1.54) is 5.56 Å². The fraction of sp³-hybridized carbons (Fsp3) is 0.533. The predicted molar refractivity (Wildman–Crippen MR) is 148 cm³/mol. The molecule has 1 saturated heterocycles. The zero-order valence-electron chi connectivity index (χ0n) is 23.3. The summed E-state index contributed by atoms with van der Waals surface area (Å²) in [4.78, 5) is 28.7. The van der Waals surface area contributed by atoms with E-state index in [1.54, 1.807) is 11.0 Å². The first-order valence-electron chi connectivity index (χ1n) is 12.9. The average Bonchev–Trinajstić information content (AvgIpc) is 2.85. The van der Waals surface area contributed by atoms with E-state index >= 15 is 0 Å². The lowest BCUT2D eigenvalue weighted by molar-refractivity contribution is -0.140. The highest BCUT2D eigenvalue weighted by atomic mass is 16.6. The van der Waals surface area contributed by atoms with Gasteiger partial charge in [-0.25, -0.2) is 4.79 Å². The van der Waals surface area contributed by atoms with Gasteiger partial charge in [0.1, 0.15) is 6.61 Å². The molecule has 0 radical (unpaired) electrons. The summed E-state index contributed by atoms with van der Waals surface area (Å²) >= 11 is 0. The lowest BCUT2D eigenvalue weighted by Crippen LogP contribution is -2.48. The zero-order valence-corrected chi connectivity index (χ0v) is 23.3. The summed E-state index contributed by atoms with van der Waals surface area (Å²) in [6.45, 7) is 21.2. The fourth-order valence-corrected chi connectivity index (χ4v) is 3.82. The highest BCUT2D eigenvalue weighted by molar-refractivity contribution is 5.80. The van der Waals surface area contributed by atoms with Gasteiger partial charge >= 0.3 is 6.09 Å². The molecule has 5 nitrogen and oxygen atoms in total. The van der Waals surface area contributed by atoms with Gasteiger partial charge in [0.05, 0.1) is 0 Å². The zero-order chi connectivity index (χ0) is 26.8. The van der Waals surface area contributed by atoms with Gasteiger partial charge in [-0.15, -0.1) is 0 Å². The number of nitrogens with zero attached hydrogens (tertiary/aromatic N) is 2. The molecule has 0 spiro atoms. The summed E-state index contributed by atoms with van der Waals surface area (Å²) in [5.74, 6) is 0.194. The molecule has 1 aliphatic heterocycles. The van der Waals surface area contributed by atoms with E-state index in [2.05, 4.69) is 25.6 Å². The second-order valence-corrected chi connectivity index (χ2v) is 8.86. The van der Waals surface area contributed by atoms with Crippen LogP contribution in [0.5, 0.6) is 0 Å². The molecule has 1 aromatic carbocycles. The molecule has 0 aromatic heterocycles. The molecule has 35 heavy (non-hydrogen) atoms. The first kappa shape index (κ1) is 32.2. The van der Waals surface area contributed by atoms with Crippen molar-refractivity contribution >= 4 is 12.0 Å². The van der Waals surface area contributed by atoms with Crippen molar-refractivity contribution < 1.29 is 14.3 Å². The van der Waals surface area contributed by atoms with Crippen molar-refractivity contribution in [1.29, 1.82) is 0 Å². The molecular weight excluding hydrogens is 436 g/mol. The molecule has 1 fully saturated rings. The van der Waals surface area contributed by atoms with E-state index in [1.807, 2.05) is 89.8 Å². The van der Waals surface area contributed by atoms with Crippen molar-refractivity contribution in [2.24, 2.45) is 5.92 Å². The van der Waals surface area contributed by atoms with E-state index in [4.69, 9.17) is 4.74 Å². The number of aryl methyl sites for hydroxylation is 1. The molecule has 0 bridgehead atoms. The Kier molecular flexibility index (Phi) is 17.0. The van der Waals surface area contributed by atoms with Crippen LogP contribution in [-0.4, -0.2) is 53.6 Å². The van der Waals surface area contributed by atoms with Crippen molar-refractivity contribution in [1.82, 2.24) is 9.80 Å². The largest absolute Gasteiger partial charge is 0.445 e. The Morgan fingerprint density at radius 3 is 2.03 bits per heavy atom. The Labute approximate surface area is 214 Å². The number of piperidine rings is 1. The minimum Gasteiger partial charge on any atom is -0.445 e. The van der Waals surface area contributed by atoms with Gasteiger partial charge in [-0.3, -0.25) is 4.79 Å². The van der Waals surface area contributed by atoms with Crippen molar-refractivity contribution in [3.8, 4) is 0 Å². The molecule has 2 amide bonds. The fourth-order valence-electron chi connectivity index (χ4n) is 3.82. The SMILES string of the molecule is C=C/C=C\C(=C/C)COC(=O)N1CCC(C(=O)N(C(C)C)C(C)C)CC1.CC.Cc1ccccc1. The highest BCUT2D eigenvalue weighted by Gasteiger charge is 2.32. The number of ether oxygens (including phenoxy) is 1. The molecule has 1 heterocycles. The lowest BCUT2D eigenvalue weighted by atomic mass is 9.94. The molecule has 5 heteroatoms. The second-order valence-electron chi connectivity index (χ2n) is 8.86. The standard InChI is InChI=1S/C21H34N2O3.C7H8.C2H6/c1-7-9-10-18(8-2)15-26-21(25)22-13-11-19(12-14-22)20(24)23(16(3)4)17(5)6;1-7-5-3-2-4-6-7;1-2/h7-10,16-17,19H,1,11-15H2,2-6H3;2-6H,1H3;1-2H3/b10-9-,18-8+;;. The molecule has 0 N–H and O–H groups in total. The van der Waals surface area contributed by atoms with E-state index in [0.29, 0.717) is 25.9 Å². The monoisotopic (exact) mass is 484 g/mol. The number of hydrogen-bond acceptors (Lipinski definition) is 3. The molecule has 2 rings (SSSR count). The number of amides is 2. The van der Waals surface area contributed by atoms with Gasteiger partial charge in [0, 0.05) is 31.1 Å². The first-order chi connectivity index (χ1) is 16.7. The summed E-state index contributed by atoms with van der Waals surface area (Å²) in [6.07, 6.45) is 8.35. The first-order valence-corrected chi connectivity index (χ1v) is 12.9. The molecule has 0 unspecified atom stereocenters. The maximum atomic E-state index is 12.8. The molecule has 1 aromatic rings. The number of hydrogen-bond donors (Lipinski definition) is 0. The van der Waals surface area contributed by atoms with Gasteiger partial charge in [-0.05, 0) is 60.0 Å². The van der Waals surface area contributed by atoms with Crippen LogP contribution < -0.4 is 0 Å². The van der Waals surface area contributed by atoms with Crippen molar-refractivity contribution in [2.75, 3.05) is 19.7 Å². The Balaban J connectivity index is 0.00000108. The third-order valence-corrected chi connectivity index (χ3v) is 5.59. The minimum absolute atomic E-state index is 0.00882. The Morgan fingerprint density at radius 2 is 1.63 bits per heavy atom. The van der Waals surface area contributed by atoms with Crippen molar-refractivity contribution in [2.45, 2.75) is 80.3 Å². The molecule has 0 saturated carbocycles. The minimum atomic E-state index is -0.313. The maximum Gasteiger partial charge on any atom is 0.410 e. The Hall–Kier alpha value is -2.82. The van der Waals surface area contributed by atoms with Crippen LogP contribution >= 0.6 is 0 Å². The maximum absolute atomic E-state index is 12.8. The van der Waals surface area contributed by atoms with Crippen LogP contribution in [0.25, 0.3) is 0 Å². The van der Waals surface area contributed by atoms with Crippen LogP contribution in [-0.2, 0) is 9.53 Å². The van der Waals surface area contributed by atoms with E-state index in [0.717, 1.165) is 5.57 Å². The summed E-state index contributed by atoms with van der Waals surface area (Å²) in [5.41, 5.74) is 2.25. The van der Waals surface area contributed by atoms with Crippen LogP contribution in [0, 0.1) is 12.8 Å². The number of carbonyl (C=O) groups is 2. The van der Waals surface area contributed by atoms with E-state index in [9.17, 15) is 9.59 Å². The van der Waals surface area contributed by atoms with Crippen LogP contribution in [0.2, 0.25) is 0 Å². The predicted octanol–water partition coefficient (Wildman–Crippen LogP) is 7.19. The normalized spacial score (nSPS) is 14.1. The van der Waals surface area contributed by atoms with E-state index in [-0.39, 0.29) is 36.6 Å². The van der Waals surface area contributed by atoms with Gasteiger partial charge in [-0.2, -0.15) is 0 Å². The summed E-state index contributed by atoms with van der Waals surface area (Å²) < 4.78 is 5.39. The van der Waals surface area contributed by atoms with Gasteiger partial charge in [0.25, 0.3) is 0 Å². The number of likely N-dealkylation sites (tertiary alicyclic amines) is 1. The van der Waals surface area contributed by atoms with Gasteiger partial charge in [0.15, 0.2) is 0 Å². The Bertz CT molecular complexity index is 781. The lowest BCUT2D eigenvalue weighted by Gasteiger charge is -2.37. The molecular formula is C30H48N2O3. The molecule has 196 valence electrons. The average molecular weight is 485 g/mol. The van der Waals surface area contributed by atoms with Gasteiger partial charge in [0.2, 0.25) is 5.91 Å². The summed E-state index contributed by atoms with van der Waals surface area (Å²) in [6, 6.07) is 10.6. The molecule has 0 aliphatic carbocycles. The second kappa shape index (κ2) is 18.5. The van der Waals surface area contributed by atoms with Crippen LogP contribution in [0.3, 0.4) is 0 Å². The third-order valence-electron chi connectivity index (χ3n) is 5.59. The molecule has 1 aliphatic rings. The Morgan fingerprint density at radius 1 is 1.09 bits per heavy atom. The quantitative estimate of drug-likeness (QED) is 0.385. The van der Waals surface area contributed by atoms with Crippen molar-refractivity contribution in [3.05, 3.63) is 72.4 Å². The smallest absolute Gasteiger partial charge is 0.410 e. The molecule has 0 atom stereocenters. The number of allylic oxidation sites excluding steroid dienone is 3. The number of benzene rings is 1. The van der Waals surface area contributed by atoms with Gasteiger partial charge in [-0.1, -0.05) is 80.6 Å². The number of rotatable bonds is 7. The summed E-state index contributed by atoms with van der Waals surface area (Å²) in [5, 5.41) is 0. The number of carbonyl (C=O) groups excluding carboxylic acids is 2. The summed E-state index contributed by atoms with van der Waals surface area (Å²) in [7, 11) is 0. The third kappa shape index (κ3) is 12.4. The van der Waals surface area contributed by atoms with Crippen molar-refractivity contribution in [3.63, 3.8) is 0 Å². The van der Waals surface area contributed by atoms with Gasteiger partial charge < -0.3 is 14.5 Å². The van der Waals surface area contributed by atoms with Crippen LogP contribution in [0.1, 0.15) is 66.9 Å². The highest BCUT2D eigenvalue weighted by Crippen LogP contribution is 2.22. The van der Waals surface area contributed by atoms with Crippen LogP contribution in [0.4, 0.5) is 4.79 Å².